The van der Waals surface area contributed by atoms with E-state index in [0.29, 0.717) is 6.42 Å². The van der Waals surface area contributed by atoms with E-state index in [9.17, 15) is 19.4 Å². The molecule has 0 aliphatic carbocycles. The molecule has 0 bridgehead atoms. The average Bonchev–Trinajstić information content (AvgIpc) is 2.88. The SMILES string of the molecule is CCCCCCCCCCCCSC(CCCCCCCCC)C(C)OC(CP(=O)(O)OCCC)C(=O)O. The number of aliphatic carboxylic acids is 1. The van der Waals surface area contributed by atoms with Gasteiger partial charge < -0.3 is 19.3 Å². The van der Waals surface area contributed by atoms with E-state index in [1.807, 2.05) is 25.6 Å². The molecular formula is C30H61O6PS. The summed E-state index contributed by atoms with van der Waals surface area (Å²) >= 11 is 1.88. The maximum Gasteiger partial charge on any atom is 0.333 e. The molecule has 0 amide bonds. The lowest BCUT2D eigenvalue weighted by atomic mass is 10.1. The Balaban J connectivity index is 4.65. The molecule has 0 rings (SSSR count). The number of hydrogen-bond donors (Lipinski definition) is 2. The predicted octanol–water partition coefficient (Wildman–Crippen LogP) is 9.62. The van der Waals surface area contributed by atoms with E-state index >= 15 is 0 Å². The Labute approximate surface area is 239 Å². The topological polar surface area (TPSA) is 93.1 Å². The van der Waals surface area contributed by atoms with E-state index < -0.39 is 25.8 Å². The fourth-order valence-electron chi connectivity index (χ4n) is 4.60. The fourth-order valence-corrected chi connectivity index (χ4v) is 7.18. The van der Waals surface area contributed by atoms with Crippen molar-refractivity contribution in [2.24, 2.45) is 0 Å². The van der Waals surface area contributed by atoms with Crippen molar-refractivity contribution >= 4 is 25.3 Å². The number of thioether (sulfide) groups is 1. The minimum atomic E-state index is -4.01. The van der Waals surface area contributed by atoms with Crippen molar-refractivity contribution in [1.29, 1.82) is 0 Å². The first-order chi connectivity index (χ1) is 18.3. The smallest absolute Gasteiger partial charge is 0.333 e. The first-order valence-corrected chi connectivity index (χ1v) is 18.5. The molecule has 0 aromatic rings. The first-order valence-electron chi connectivity index (χ1n) is 15.7. The van der Waals surface area contributed by atoms with Gasteiger partial charge in [0.1, 0.15) is 0 Å². The van der Waals surface area contributed by atoms with Crippen LogP contribution in [0.1, 0.15) is 150 Å². The van der Waals surface area contributed by atoms with E-state index in [0.717, 1.165) is 18.6 Å². The molecule has 0 saturated heterocycles. The highest BCUT2D eigenvalue weighted by Gasteiger charge is 2.33. The van der Waals surface area contributed by atoms with Crippen LogP contribution in [-0.4, -0.2) is 51.9 Å². The van der Waals surface area contributed by atoms with Crippen LogP contribution in [-0.2, 0) is 18.6 Å². The third kappa shape index (κ3) is 22.7. The molecule has 0 aliphatic heterocycles. The van der Waals surface area contributed by atoms with Crippen LogP contribution in [0.4, 0.5) is 0 Å². The molecule has 2 N–H and O–H groups in total. The first kappa shape index (κ1) is 37.9. The van der Waals surface area contributed by atoms with Crippen molar-refractivity contribution in [2.75, 3.05) is 18.5 Å². The second-order valence-electron chi connectivity index (χ2n) is 10.8. The van der Waals surface area contributed by atoms with Crippen LogP contribution in [0.15, 0.2) is 0 Å². The van der Waals surface area contributed by atoms with E-state index in [1.165, 1.54) is 103 Å². The van der Waals surface area contributed by atoms with E-state index in [1.54, 1.807) is 0 Å². The van der Waals surface area contributed by atoms with Crippen LogP contribution in [0.2, 0.25) is 0 Å². The lowest BCUT2D eigenvalue weighted by molar-refractivity contribution is -0.152. The quantitative estimate of drug-likeness (QED) is 0.0672. The van der Waals surface area contributed by atoms with Crippen LogP contribution in [0.5, 0.6) is 0 Å². The maximum absolute atomic E-state index is 12.3. The molecule has 4 atom stereocenters. The molecule has 0 aliphatic rings. The van der Waals surface area contributed by atoms with Crippen LogP contribution in [0.25, 0.3) is 0 Å². The van der Waals surface area contributed by atoms with Gasteiger partial charge in [0.2, 0.25) is 0 Å². The molecule has 0 spiro atoms. The van der Waals surface area contributed by atoms with Crippen LogP contribution >= 0.6 is 19.4 Å². The fraction of sp³-hybridized carbons (Fsp3) is 0.967. The molecule has 0 saturated carbocycles. The van der Waals surface area contributed by atoms with Gasteiger partial charge in [0, 0.05) is 5.25 Å². The summed E-state index contributed by atoms with van der Waals surface area (Å²) < 4.78 is 23.3. The molecule has 0 fully saturated rings. The van der Waals surface area contributed by atoms with E-state index in [2.05, 4.69) is 13.8 Å². The van der Waals surface area contributed by atoms with Crippen molar-refractivity contribution < 1.29 is 28.6 Å². The number of rotatable bonds is 29. The Morgan fingerprint density at radius 1 is 0.763 bits per heavy atom. The predicted molar refractivity (Wildman–Crippen MR) is 164 cm³/mol. The van der Waals surface area contributed by atoms with Crippen molar-refractivity contribution in [3.63, 3.8) is 0 Å². The average molecular weight is 581 g/mol. The maximum atomic E-state index is 12.3. The van der Waals surface area contributed by atoms with Crippen LogP contribution in [0.3, 0.4) is 0 Å². The van der Waals surface area contributed by atoms with Crippen molar-refractivity contribution in [1.82, 2.24) is 0 Å². The molecule has 228 valence electrons. The molecule has 4 unspecified atom stereocenters. The van der Waals surface area contributed by atoms with Gasteiger partial charge >= 0.3 is 13.6 Å². The standard InChI is InChI=1S/C30H61O6PS/c1-5-8-10-12-14-15-16-18-20-22-25-38-29(23-21-19-17-13-11-9-6-2)27(4)36-28(30(31)32)26-37(33,34)35-24-7-3/h27-29H,5-26H2,1-4H3,(H,31,32)(H,33,34). The second-order valence-corrected chi connectivity index (χ2v) is 14.1. The normalized spacial score (nSPS) is 15.7. The van der Waals surface area contributed by atoms with Gasteiger partial charge in [0.05, 0.1) is 18.9 Å². The van der Waals surface area contributed by atoms with Gasteiger partial charge in [0.25, 0.3) is 0 Å². The number of carboxylic acids is 1. The van der Waals surface area contributed by atoms with Crippen molar-refractivity contribution in [3.05, 3.63) is 0 Å². The third-order valence-electron chi connectivity index (χ3n) is 6.99. The van der Waals surface area contributed by atoms with Gasteiger partial charge in [-0.2, -0.15) is 11.8 Å². The second kappa shape index (κ2) is 25.9. The third-order valence-corrected chi connectivity index (χ3v) is 9.94. The van der Waals surface area contributed by atoms with Gasteiger partial charge in [-0.15, -0.1) is 0 Å². The summed E-state index contributed by atoms with van der Waals surface area (Å²) in [5.74, 6) is -0.165. The molecule has 0 heterocycles. The summed E-state index contributed by atoms with van der Waals surface area (Å²) in [4.78, 5) is 21.9. The van der Waals surface area contributed by atoms with Crippen molar-refractivity contribution in [2.45, 2.75) is 167 Å². The molecular weight excluding hydrogens is 519 g/mol. The molecule has 0 aromatic carbocycles. The van der Waals surface area contributed by atoms with E-state index in [4.69, 9.17) is 9.26 Å². The largest absolute Gasteiger partial charge is 0.479 e. The Kier molecular flexibility index (Phi) is 25.8. The Morgan fingerprint density at radius 2 is 1.24 bits per heavy atom. The van der Waals surface area contributed by atoms with Gasteiger partial charge in [-0.25, -0.2) is 4.79 Å². The Bertz CT molecular complexity index is 591. The molecule has 8 heteroatoms. The summed E-state index contributed by atoms with van der Waals surface area (Å²) in [6, 6.07) is 0. The molecule has 6 nitrogen and oxygen atoms in total. The zero-order valence-corrected chi connectivity index (χ0v) is 26.9. The van der Waals surface area contributed by atoms with Gasteiger partial charge in [0.15, 0.2) is 6.10 Å². The zero-order chi connectivity index (χ0) is 28.5. The number of ether oxygens (including phenoxy) is 1. The summed E-state index contributed by atoms with van der Waals surface area (Å²) in [6.07, 6.45) is 21.2. The summed E-state index contributed by atoms with van der Waals surface area (Å²) in [7, 11) is -4.01. The van der Waals surface area contributed by atoms with Crippen molar-refractivity contribution in [3.8, 4) is 0 Å². The van der Waals surface area contributed by atoms with Gasteiger partial charge in [-0.1, -0.05) is 124 Å². The molecule has 38 heavy (non-hydrogen) atoms. The number of unbranched alkanes of at least 4 members (excludes halogenated alkanes) is 15. The molecule has 0 aromatic heterocycles. The van der Waals surface area contributed by atoms with Gasteiger partial charge in [-0.3, -0.25) is 4.57 Å². The lowest BCUT2D eigenvalue weighted by Gasteiger charge is -2.27. The number of carbonyl (C=O) groups is 1. The number of carboxylic acid groups (broad SMARTS) is 1. The molecule has 0 radical (unpaired) electrons. The van der Waals surface area contributed by atoms with Crippen LogP contribution in [0, 0.1) is 0 Å². The highest BCUT2D eigenvalue weighted by atomic mass is 32.2. The van der Waals surface area contributed by atoms with Crippen LogP contribution < -0.4 is 0 Å². The summed E-state index contributed by atoms with van der Waals surface area (Å²) in [5.41, 5.74) is 0. The lowest BCUT2D eigenvalue weighted by Crippen LogP contribution is -2.36. The highest BCUT2D eigenvalue weighted by molar-refractivity contribution is 7.99. The minimum absolute atomic E-state index is 0.130. The summed E-state index contributed by atoms with van der Waals surface area (Å²) in [6.45, 7) is 8.38. The monoisotopic (exact) mass is 580 g/mol. The Hall–Kier alpha value is -0.0700. The number of hydrogen-bond acceptors (Lipinski definition) is 5. The van der Waals surface area contributed by atoms with Gasteiger partial charge in [-0.05, 0) is 31.9 Å². The minimum Gasteiger partial charge on any atom is -0.479 e. The summed E-state index contributed by atoms with van der Waals surface area (Å²) in [5, 5.41) is 9.85. The highest BCUT2D eigenvalue weighted by Crippen LogP contribution is 2.43. The van der Waals surface area contributed by atoms with E-state index in [-0.39, 0.29) is 18.0 Å². The Morgan fingerprint density at radius 3 is 1.71 bits per heavy atom. The zero-order valence-electron chi connectivity index (χ0n) is 25.2.